The standard InChI is InChI=1S/C22H33N5O3.HI/c1-4-23-22(26-11-9-18(16-26)17-30-14-13-28-2)24-15-19-10-12-27(25-19)20-5-7-21(29-3)8-6-20;/h5-8,10,12,18H,4,9,11,13-17H2,1-3H3,(H,23,24);1H. The van der Waals surface area contributed by atoms with Crippen LogP contribution in [0.3, 0.4) is 0 Å². The van der Waals surface area contributed by atoms with Gasteiger partial charge in [-0.3, -0.25) is 0 Å². The molecule has 0 amide bonds. The molecular weight excluding hydrogens is 509 g/mol. The molecule has 1 N–H and O–H groups in total. The first-order valence-electron chi connectivity index (χ1n) is 10.5. The van der Waals surface area contributed by atoms with E-state index in [0.29, 0.717) is 25.7 Å². The van der Waals surface area contributed by atoms with E-state index >= 15 is 0 Å². The van der Waals surface area contributed by atoms with Crippen molar-refractivity contribution in [1.29, 1.82) is 0 Å². The Balaban J connectivity index is 0.00000341. The summed E-state index contributed by atoms with van der Waals surface area (Å²) in [6.45, 7) is 7.48. The van der Waals surface area contributed by atoms with Gasteiger partial charge in [0, 0.05) is 38.9 Å². The summed E-state index contributed by atoms with van der Waals surface area (Å²) in [5.74, 6) is 2.30. The lowest BCUT2D eigenvalue weighted by Crippen LogP contribution is -2.40. The van der Waals surface area contributed by atoms with E-state index in [-0.39, 0.29) is 24.0 Å². The van der Waals surface area contributed by atoms with Crippen LogP contribution in [0.25, 0.3) is 5.69 Å². The van der Waals surface area contributed by atoms with Gasteiger partial charge in [0.1, 0.15) is 5.75 Å². The van der Waals surface area contributed by atoms with E-state index in [1.807, 2.05) is 41.2 Å². The van der Waals surface area contributed by atoms with Crippen molar-refractivity contribution in [3.05, 3.63) is 42.2 Å². The fraction of sp³-hybridized carbons (Fsp3) is 0.545. The number of nitrogens with zero attached hydrogens (tertiary/aromatic N) is 4. The summed E-state index contributed by atoms with van der Waals surface area (Å²) in [5, 5.41) is 8.07. The van der Waals surface area contributed by atoms with Crippen molar-refractivity contribution in [1.82, 2.24) is 20.0 Å². The monoisotopic (exact) mass is 543 g/mol. The Labute approximate surface area is 202 Å². The fourth-order valence-electron chi connectivity index (χ4n) is 3.46. The number of rotatable bonds is 10. The predicted molar refractivity (Wildman–Crippen MR) is 133 cm³/mol. The Morgan fingerprint density at radius 3 is 2.71 bits per heavy atom. The lowest BCUT2D eigenvalue weighted by atomic mass is 10.1. The first-order chi connectivity index (χ1) is 14.7. The highest BCUT2D eigenvalue weighted by Crippen LogP contribution is 2.17. The molecule has 2 heterocycles. The van der Waals surface area contributed by atoms with E-state index in [0.717, 1.165) is 55.8 Å². The van der Waals surface area contributed by atoms with Gasteiger partial charge in [0.25, 0.3) is 0 Å². The highest BCUT2D eigenvalue weighted by molar-refractivity contribution is 14.0. The maximum atomic E-state index is 5.70. The molecule has 1 aliphatic rings. The van der Waals surface area contributed by atoms with Crippen LogP contribution in [0.15, 0.2) is 41.5 Å². The number of methoxy groups -OCH3 is 2. The molecular formula is C22H34IN5O3. The normalized spacial score (nSPS) is 16.3. The lowest BCUT2D eigenvalue weighted by molar-refractivity contribution is 0.0536. The number of aromatic nitrogens is 2. The maximum Gasteiger partial charge on any atom is 0.194 e. The van der Waals surface area contributed by atoms with Crippen LogP contribution in [0.5, 0.6) is 5.75 Å². The van der Waals surface area contributed by atoms with Crippen LogP contribution >= 0.6 is 24.0 Å². The summed E-state index contributed by atoms with van der Waals surface area (Å²) in [5.41, 5.74) is 1.92. The van der Waals surface area contributed by atoms with Gasteiger partial charge in [0.05, 0.1) is 44.9 Å². The number of halogens is 1. The molecule has 1 unspecified atom stereocenters. The van der Waals surface area contributed by atoms with Gasteiger partial charge < -0.3 is 24.4 Å². The molecule has 3 rings (SSSR count). The van der Waals surface area contributed by atoms with Crippen molar-refractivity contribution in [3.8, 4) is 11.4 Å². The summed E-state index contributed by atoms with van der Waals surface area (Å²) < 4.78 is 17.8. The number of hydrogen-bond acceptors (Lipinski definition) is 5. The molecule has 1 fully saturated rings. The number of guanidine groups is 1. The molecule has 0 saturated carbocycles. The molecule has 0 aliphatic carbocycles. The van der Waals surface area contributed by atoms with Crippen LogP contribution in [0.2, 0.25) is 0 Å². The van der Waals surface area contributed by atoms with E-state index in [1.54, 1.807) is 14.2 Å². The minimum atomic E-state index is 0. The molecule has 31 heavy (non-hydrogen) atoms. The summed E-state index contributed by atoms with van der Waals surface area (Å²) in [7, 11) is 3.36. The molecule has 1 aromatic heterocycles. The van der Waals surface area contributed by atoms with Crippen molar-refractivity contribution >= 4 is 29.9 Å². The Morgan fingerprint density at radius 1 is 1.19 bits per heavy atom. The van der Waals surface area contributed by atoms with Crippen LogP contribution in [0, 0.1) is 5.92 Å². The van der Waals surface area contributed by atoms with E-state index in [9.17, 15) is 0 Å². The minimum absolute atomic E-state index is 0. The van der Waals surface area contributed by atoms with Crippen molar-refractivity contribution in [2.75, 3.05) is 53.7 Å². The van der Waals surface area contributed by atoms with Gasteiger partial charge >= 0.3 is 0 Å². The van der Waals surface area contributed by atoms with Crippen LogP contribution in [-0.4, -0.2) is 74.3 Å². The van der Waals surface area contributed by atoms with Crippen LogP contribution in [-0.2, 0) is 16.0 Å². The zero-order valence-corrected chi connectivity index (χ0v) is 21.0. The molecule has 1 aliphatic heterocycles. The molecule has 2 aromatic rings. The van der Waals surface area contributed by atoms with Gasteiger partial charge in [0.15, 0.2) is 5.96 Å². The first kappa shape index (κ1) is 25.4. The Morgan fingerprint density at radius 2 is 2.00 bits per heavy atom. The number of likely N-dealkylation sites (tertiary alicyclic amines) is 1. The van der Waals surface area contributed by atoms with Crippen LogP contribution in [0.1, 0.15) is 19.0 Å². The Bertz CT molecular complexity index is 797. The van der Waals surface area contributed by atoms with E-state index in [2.05, 4.69) is 22.2 Å². The number of ether oxygens (including phenoxy) is 3. The molecule has 1 aromatic carbocycles. The maximum absolute atomic E-state index is 5.70. The van der Waals surface area contributed by atoms with Gasteiger partial charge in [-0.2, -0.15) is 5.10 Å². The van der Waals surface area contributed by atoms with Crippen molar-refractivity contribution < 1.29 is 14.2 Å². The Hall–Kier alpha value is -1.85. The zero-order valence-electron chi connectivity index (χ0n) is 18.6. The van der Waals surface area contributed by atoms with E-state index in [4.69, 9.17) is 19.2 Å². The summed E-state index contributed by atoms with van der Waals surface area (Å²) in [6.07, 6.45) is 3.08. The van der Waals surface area contributed by atoms with Gasteiger partial charge in [0.2, 0.25) is 0 Å². The van der Waals surface area contributed by atoms with E-state index in [1.165, 1.54) is 0 Å². The first-order valence-corrected chi connectivity index (χ1v) is 10.5. The molecule has 0 radical (unpaired) electrons. The summed E-state index contributed by atoms with van der Waals surface area (Å²) in [4.78, 5) is 7.13. The van der Waals surface area contributed by atoms with Gasteiger partial charge in [-0.05, 0) is 43.7 Å². The molecule has 8 nitrogen and oxygen atoms in total. The second-order valence-electron chi connectivity index (χ2n) is 7.29. The SMILES string of the molecule is CCNC(=NCc1ccn(-c2ccc(OC)cc2)n1)N1CCC(COCCOC)C1.I. The molecule has 172 valence electrons. The van der Waals surface area contributed by atoms with Crippen molar-refractivity contribution in [2.24, 2.45) is 10.9 Å². The second kappa shape index (κ2) is 13.5. The summed E-state index contributed by atoms with van der Waals surface area (Å²) in [6, 6.07) is 9.85. The van der Waals surface area contributed by atoms with Crippen LogP contribution in [0.4, 0.5) is 0 Å². The number of hydrogen-bond donors (Lipinski definition) is 1. The van der Waals surface area contributed by atoms with Crippen LogP contribution < -0.4 is 10.1 Å². The largest absolute Gasteiger partial charge is 0.497 e. The van der Waals surface area contributed by atoms with Gasteiger partial charge in [-0.1, -0.05) is 0 Å². The van der Waals surface area contributed by atoms with Gasteiger partial charge in [-0.15, -0.1) is 24.0 Å². The molecule has 9 heteroatoms. The number of nitrogens with one attached hydrogen (secondary N) is 1. The molecule has 0 bridgehead atoms. The van der Waals surface area contributed by atoms with Gasteiger partial charge in [-0.25, -0.2) is 9.67 Å². The third kappa shape index (κ3) is 7.65. The lowest BCUT2D eigenvalue weighted by Gasteiger charge is -2.21. The zero-order chi connectivity index (χ0) is 21.2. The third-order valence-corrected chi connectivity index (χ3v) is 5.08. The molecule has 0 spiro atoms. The smallest absolute Gasteiger partial charge is 0.194 e. The Kier molecular flexibility index (Phi) is 11.1. The summed E-state index contributed by atoms with van der Waals surface area (Å²) >= 11 is 0. The highest BCUT2D eigenvalue weighted by Gasteiger charge is 2.25. The van der Waals surface area contributed by atoms with Crippen molar-refractivity contribution in [2.45, 2.75) is 19.9 Å². The fourth-order valence-corrected chi connectivity index (χ4v) is 3.46. The quantitative estimate of drug-likeness (QED) is 0.215. The second-order valence-corrected chi connectivity index (χ2v) is 7.29. The molecule has 1 atom stereocenters. The number of benzene rings is 1. The average Bonchev–Trinajstić information content (AvgIpc) is 3.44. The predicted octanol–water partition coefficient (Wildman–Crippen LogP) is 2.95. The van der Waals surface area contributed by atoms with E-state index < -0.39 is 0 Å². The molecule has 1 saturated heterocycles. The number of aliphatic imine (C=N–C) groups is 1. The highest BCUT2D eigenvalue weighted by atomic mass is 127. The van der Waals surface area contributed by atoms with Crippen molar-refractivity contribution in [3.63, 3.8) is 0 Å². The third-order valence-electron chi connectivity index (χ3n) is 5.08. The topological polar surface area (TPSA) is 73.1 Å². The average molecular weight is 543 g/mol. The minimum Gasteiger partial charge on any atom is -0.497 e.